The van der Waals surface area contributed by atoms with Crippen LogP contribution in [0, 0.1) is 0 Å². The van der Waals surface area contributed by atoms with E-state index in [1.165, 1.54) is 52.0 Å². The molecule has 0 N–H and O–H groups in total. The molecule has 2 aromatic rings. The van der Waals surface area contributed by atoms with E-state index in [0.717, 1.165) is 19.3 Å². The number of unbranched alkanes of at least 4 members (excludes halogenated alkanes) is 7. The lowest BCUT2D eigenvalue weighted by Gasteiger charge is -2.13. The van der Waals surface area contributed by atoms with Crippen LogP contribution in [0.3, 0.4) is 0 Å². The first-order chi connectivity index (χ1) is 14.4. The summed E-state index contributed by atoms with van der Waals surface area (Å²) >= 11 is 0. The van der Waals surface area contributed by atoms with Gasteiger partial charge in [-0.05, 0) is 18.6 Å². The van der Waals surface area contributed by atoms with Crippen LogP contribution in [0.1, 0.15) is 72.1 Å². The van der Waals surface area contributed by atoms with Gasteiger partial charge in [-0.3, -0.25) is 9.59 Å². The molecule has 0 fully saturated rings. The first-order valence-corrected chi connectivity index (χ1v) is 10.5. The number of ether oxygens (including phenoxy) is 3. The molecule has 0 saturated heterocycles. The highest BCUT2D eigenvalue weighted by Gasteiger charge is 2.22. The van der Waals surface area contributed by atoms with E-state index in [-0.39, 0.29) is 22.8 Å². The highest BCUT2D eigenvalue weighted by Crippen LogP contribution is 2.37. The zero-order valence-electron chi connectivity index (χ0n) is 18.0. The summed E-state index contributed by atoms with van der Waals surface area (Å²) in [6.45, 7) is 5.01. The third-order valence-electron chi connectivity index (χ3n) is 4.55. The SMILES string of the molecule is CCCCCCCCCCOc1c(OC(C)=O)c(=O)oc2c(OC(C)=O)cccc12. The van der Waals surface area contributed by atoms with Gasteiger partial charge in [0.1, 0.15) is 0 Å². The molecule has 0 amide bonds. The summed E-state index contributed by atoms with van der Waals surface area (Å²) in [5.74, 6) is -1.28. The van der Waals surface area contributed by atoms with Crippen molar-refractivity contribution in [2.45, 2.75) is 72.1 Å². The molecule has 1 heterocycles. The van der Waals surface area contributed by atoms with Crippen molar-refractivity contribution in [1.82, 2.24) is 0 Å². The maximum Gasteiger partial charge on any atom is 0.383 e. The van der Waals surface area contributed by atoms with E-state index < -0.39 is 17.6 Å². The Bertz CT molecular complexity index is 914. The summed E-state index contributed by atoms with van der Waals surface area (Å²) in [5, 5.41) is 0.393. The summed E-state index contributed by atoms with van der Waals surface area (Å²) in [4.78, 5) is 35.2. The third-order valence-corrected chi connectivity index (χ3v) is 4.55. The van der Waals surface area contributed by atoms with Gasteiger partial charge in [0.05, 0.1) is 12.0 Å². The molecule has 0 radical (unpaired) electrons. The number of fused-ring (bicyclic) bond motifs is 1. The van der Waals surface area contributed by atoms with Crippen molar-refractivity contribution in [3.05, 3.63) is 28.6 Å². The van der Waals surface area contributed by atoms with Gasteiger partial charge in [0.15, 0.2) is 17.1 Å². The second kappa shape index (κ2) is 12.0. The van der Waals surface area contributed by atoms with Crippen LogP contribution in [-0.4, -0.2) is 18.5 Å². The Morgan fingerprint density at radius 2 is 1.50 bits per heavy atom. The van der Waals surface area contributed by atoms with E-state index in [0.29, 0.717) is 12.0 Å². The van der Waals surface area contributed by atoms with Crippen LogP contribution >= 0.6 is 0 Å². The van der Waals surface area contributed by atoms with Gasteiger partial charge in [0.25, 0.3) is 5.75 Å². The predicted octanol–water partition coefficient (Wildman–Crippen LogP) is 5.16. The van der Waals surface area contributed by atoms with Gasteiger partial charge in [0, 0.05) is 13.8 Å². The summed E-state index contributed by atoms with van der Waals surface area (Å²) in [7, 11) is 0. The van der Waals surface area contributed by atoms with Gasteiger partial charge < -0.3 is 18.6 Å². The van der Waals surface area contributed by atoms with Crippen molar-refractivity contribution in [2.75, 3.05) is 6.61 Å². The highest BCUT2D eigenvalue weighted by molar-refractivity contribution is 5.91. The first kappa shape index (κ1) is 23.4. The standard InChI is InChI=1S/C23H30O7/c1-4-5-6-7-8-9-10-11-15-27-21-18-13-12-14-19(28-16(2)24)20(18)30-23(26)22(21)29-17(3)25/h12-14H,4-11,15H2,1-3H3. The van der Waals surface area contributed by atoms with Crippen molar-refractivity contribution < 1.29 is 28.2 Å². The maximum absolute atomic E-state index is 12.4. The van der Waals surface area contributed by atoms with Crippen LogP contribution in [0.4, 0.5) is 0 Å². The molecule has 0 aliphatic rings. The number of carbonyl (C=O) groups is 2. The van der Waals surface area contributed by atoms with Crippen LogP contribution in [0.5, 0.6) is 17.2 Å². The normalized spacial score (nSPS) is 10.8. The largest absolute Gasteiger partial charge is 0.489 e. The van der Waals surface area contributed by atoms with E-state index in [9.17, 15) is 14.4 Å². The monoisotopic (exact) mass is 418 g/mol. The van der Waals surface area contributed by atoms with Gasteiger partial charge in [-0.15, -0.1) is 0 Å². The van der Waals surface area contributed by atoms with Crippen LogP contribution in [0.15, 0.2) is 27.4 Å². The molecule has 1 aromatic carbocycles. The minimum atomic E-state index is -0.872. The van der Waals surface area contributed by atoms with Crippen LogP contribution < -0.4 is 19.8 Å². The topological polar surface area (TPSA) is 92.0 Å². The molecule has 164 valence electrons. The molecule has 0 aliphatic heterocycles. The van der Waals surface area contributed by atoms with Crippen molar-refractivity contribution in [2.24, 2.45) is 0 Å². The molecule has 7 heteroatoms. The minimum absolute atomic E-state index is 0.0690. The molecule has 30 heavy (non-hydrogen) atoms. The maximum atomic E-state index is 12.4. The second-order valence-corrected chi connectivity index (χ2v) is 7.19. The lowest BCUT2D eigenvalue weighted by Crippen LogP contribution is -2.14. The van der Waals surface area contributed by atoms with Crippen molar-refractivity contribution in [1.29, 1.82) is 0 Å². The Balaban J connectivity index is 2.16. The molecule has 7 nitrogen and oxygen atoms in total. The summed E-state index contributed by atoms with van der Waals surface area (Å²) < 4.78 is 21.3. The Hall–Kier alpha value is -2.83. The predicted molar refractivity (Wildman–Crippen MR) is 113 cm³/mol. The number of para-hydroxylation sites is 1. The second-order valence-electron chi connectivity index (χ2n) is 7.19. The quantitative estimate of drug-likeness (QED) is 0.203. The number of esters is 2. The lowest BCUT2D eigenvalue weighted by atomic mass is 10.1. The average Bonchev–Trinajstić information content (AvgIpc) is 2.68. The number of carbonyl (C=O) groups excluding carboxylic acids is 2. The van der Waals surface area contributed by atoms with Crippen molar-refractivity contribution in [3.63, 3.8) is 0 Å². The fraction of sp³-hybridized carbons (Fsp3) is 0.522. The molecular formula is C23H30O7. The molecule has 0 atom stereocenters. The number of rotatable bonds is 12. The Morgan fingerprint density at radius 1 is 0.867 bits per heavy atom. The molecule has 0 bridgehead atoms. The smallest absolute Gasteiger partial charge is 0.383 e. The van der Waals surface area contributed by atoms with Crippen LogP contribution in [0.2, 0.25) is 0 Å². The van der Waals surface area contributed by atoms with Crippen LogP contribution in [0.25, 0.3) is 11.0 Å². The Labute approximate surface area is 176 Å². The molecule has 0 saturated carbocycles. The molecule has 0 unspecified atom stereocenters. The molecule has 1 aromatic heterocycles. The van der Waals surface area contributed by atoms with E-state index >= 15 is 0 Å². The fourth-order valence-electron chi connectivity index (χ4n) is 3.17. The summed E-state index contributed by atoms with van der Waals surface area (Å²) in [6.07, 6.45) is 9.16. The fourth-order valence-corrected chi connectivity index (χ4v) is 3.17. The van der Waals surface area contributed by atoms with E-state index in [4.69, 9.17) is 18.6 Å². The zero-order valence-corrected chi connectivity index (χ0v) is 18.0. The third kappa shape index (κ3) is 6.90. The Kier molecular flexibility index (Phi) is 9.38. The van der Waals surface area contributed by atoms with Crippen LogP contribution in [-0.2, 0) is 9.59 Å². The van der Waals surface area contributed by atoms with Gasteiger partial charge >= 0.3 is 17.6 Å². The summed E-state index contributed by atoms with van der Waals surface area (Å²) in [5.41, 5.74) is -0.803. The van der Waals surface area contributed by atoms with E-state index in [1.54, 1.807) is 12.1 Å². The van der Waals surface area contributed by atoms with Crippen molar-refractivity contribution >= 4 is 22.9 Å². The van der Waals surface area contributed by atoms with Gasteiger partial charge in [0.2, 0.25) is 0 Å². The number of hydrogen-bond donors (Lipinski definition) is 0. The van der Waals surface area contributed by atoms with Gasteiger partial charge in [-0.25, -0.2) is 4.79 Å². The molecular weight excluding hydrogens is 388 g/mol. The number of hydrogen-bond acceptors (Lipinski definition) is 7. The van der Waals surface area contributed by atoms with Crippen molar-refractivity contribution in [3.8, 4) is 17.2 Å². The minimum Gasteiger partial charge on any atom is -0.489 e. The summed E-state index contributed by atoms with van der Waals surface area (Å²) in [6, 6.07) is 4.81. The molecule has 2 rings (SSSR count). The first-order valence-electron chi connectivity index (χ1n) is 10.5. The molecule has 0 spiro atoms. The Morgan fingerprint density at radius 3 is 2.13 bits per heavy atom. The molecule has 0 aliphatic carbocycles. The highest BCUT2D eigenvalue weighted by atomic mass is 16.6. The van der Waals surface area contributed by atoms with Gasteiger partial charge in [-0.2, -0.15) is 0 Å². The lowest BCUT2D eigenvalue weighted by molar-refractivity contribution is -0.132. The van der Waals surface area contributed by atoms with Gasteiger partial charge in [-0.1, -0.05) is 57.9 Å². The van der Waals surface area contributed by atoms with E-state index in [1.807, 2.05) is 0 Å². The number of benzene rings is 1. The zero-order chi connectivity index (χ0) is 21.9. The average molecular weight is 418 g/mol. The van der Waals surface area contributed by atoms with E-state index in [2.05, 4.69) is 6.92 Å².